The number of amides is 2. The Morgan fingerprint density at radius 2 is 1.83 bits per heavy atom. The molecule has 152 valence electrons. The molecule has 30 heavy (non-hydrogen) atoms. The lowest BCUT2D eigenvalue weighted by atomic mass is 10.2. The fourth-order valence-corrected chi connectivity index (χ4v) is 7.61. The Morgan fingerprint density at radius 3 is 2.67 bits per heavy atom. The van der Waals surface area contributed by atoms with Crippen LogP contribution in [0.2, 0.25) is 0 Å². The van der Waals surface area contributed by atoms with Crippen LogP contribution < -0.4 is 4.31 Å². The Bertz CT molecular complexity index is 1250. The molecule has 0 fully saturated rings. The van der Waals surface area contributed by atoms with Crippen molar-refractivity contribution in [3.8, 4) is 0 Å². The van der Waals surface area contributed by atoms with Gasteiger partial charge in [0.1, 0.15) is 9.90 Å². The molecule has 0 radical (unpaired) electrons. The molecule has 2 aromatic heterocycles. The lowest BCUT2D eigenvalue weighted by Gasteiger charge is -2.29. The number of sulfonamides is 1. The zero-order valence-electron chi connectivity index (χ0n) is 15.5. The van der Waals surface area contributed by atoms with E-state index in [-0.39, 0.29) is 22.0 Å². The number of hydrogen-bond donors (Lipinski definition) is 0. The van der Waals surface area contributed by atoms with Crippen LogP contribution in [-0.2, 0) is 16.6 Å². The van der Waals surface area contributed by atoms with Crippen LogP contribution in [0, 0.1) is 0 Å². The van der Waals surface area contributed by atoms with Crippen molar-refractivity contribution < 1.29 is 18.0 Å². The van der Waals surface area contributed by atoms with Gasteiger partial charge in [0.05, 0.1) is 17.8 Å². The first-order valence-corrected chi connectivity index (χ1v) is 12.4. The monoisotopic (exact) mass is 457 g/mol. The molecule has 3 aromatic rings. The quantitative estimate of drug-likeness (QED) is 0.559. The topological polar surface area (TPSA) is 87.6 Å². The Morgan fingerprint density at radius 1 is 1.00 bits per heavy atom. The van der Waals surface area contributed by atoms with E-state index < -0.39 is 21.8 Å². The van der Waals surface area contributed by atoms with Crippen LogP contribution in [0.25, 0.3) is 0 Å². The van der Waals surface area contributed by atoms with Crippen LogP contribution in [0.1, 0.15) is 25.7 Å². The van der Waals surface area contributed by atoms with Gasteiger partial charge in [-0.25, -0.2) is 8.42 Å². The molecule has 0 atom stereocenters. The third-order valence-electron chi connectivity index (χ3n) is 4.91. The second-order valence-corrected chi connectivity index (χ2v) is 11.1. The maximum absolute atomic E-state index is 13.3. The second kappa shape index (κ2) is 7.22. The zero-order valence-corrected chi connectivity index (χ0v) is 18.0. The van der Waals surface area contributed by atoms with E-state index in [9.17, 15) is 18.0 Å². The molecule has 10 heteroatoms. The van der Waals surface area contributed by atoms with Crippen LogP contribution in [0.5, 0.6) is 0 Å². The van der Waals surface area contributed by atoms with Gasteiger partial charge in [0.25, 0.3) is 21.8 Å². The summed E-state index contributed by atoms with van der Waals surface area (Å²) < 4.78 is 28.2. The lowest BCUT2D eigenvalue weighted by Crippen LogP contribution is -2.35. The van der Waals surface area contributed by atoms with Gasteiger partial charge in [-0.15, -0.1) is 23.1 Å². The molecule has 0 saturated heterocycles. The molecular formula is C20H15N3O4S3. The van der Waals surface area contributed by atoms with E-state index in [4.69, 9.17) is 0 Å². The molecule has 4 heterocycles. The molecule has 2 aliphatic rings. The highest BCUT2D eigenvalue weighted by Crippen LogP contribution is 2.38. The van der Waals surface area contributed by atoms with Crippen LogP contribution in [0.4, 0.5) is 5.69 Å². The summed E-state index contributed by atoms with van der Waals surface area (Å²) in [5.41, 5.74) is 1.08. The highest BCUT2D eigenvalue weighted by molar-refractivity contribution is 8.00. The van der Waals surface area contributed by atoms with Gasteiger partial charge >= 0.3 is 0 Å². The van der Waals surface area contributed by atoms with Gasteiger partial charge in [0.15, 0.2) is 0 Å². The fraction of sp³-hybridized carbons (Fsp3) is 0.150. The summed E-state index contributed by atoms with van der Waals surface area (Å²) in [6.45, 7) is 0.405. The number of imide groups is 1. The number of thiophene rings is 1. The Kier molecular flexibility index (Phi) is 4.64. The highest BCUT2D eigenvalue weighted by atomic mass is 32.2. The smallest absolute Gasteiger partial charge is 0.268 e. The number of para-hydroxylation sites is 1. The minimum Gasteiger partial charge on any atom is -0.268 e. The number of carbonyl (C=O) groups excluding carboxylic acids is 2. The average Bonchev–Trinajstić information content (AvgIpc) is 3.34. The maximum Gasteiger partial charge on any atom is 0.280 e. The molecule has 2 aliphatic heterocycles. The van der Waals surface area contributed by atoms with Crippen molar-refractivity contribution in [1.82, 2.24) is 9.88 Å². The summed E-state index contributed by atoms with van der Waals surface area (Å²) in [4.78, 5) is 31.7. The van der Waals surface area contributed by atoms with Crippen LogP contribution in [0.3, 0.4) is 0 Å². The highest BCUT2D eigenvalue weighted by Gasteiger charge is 2.37. The number of carbonyl (C=O) groups is 2. The zero-order chi connectivity index (χ0) is 20.9. The molecule has 0 spiro atoms. The van der Waals surface area contributed by atoms with E-state index in [1.54, 1.807) is 36.0 Å². The molecule has 1 aromatic carbocycles. The van der Waals surface area contributed by atoms with Crippen LogP contribution in [-0.4, -0.2) is 42.4 Å². The van der Waals surface area contributed by atoms with Crippen molar-refractivity contribution in [1.29, 1.82) is 0 Å². The van der Waals surface area contributed by atoms with Crippen LogP contribution in [0.15, 0.2) is 63.8 Å². The number of nitrogens with zero attached hydrogens (tertiary/aromatic N) is 3. The summed E-state index contributed by atoms with van der Waals surface area (Å²) in [6.07, 6.45) is 1.47. The van der Waals surface area contributed by atoms with Crippen molar-refractivity contribution in [3.63, 3.8) is 0 Å². The Hall–Kier alpha value is -2.69. The van der Waals surface area contributed by atoms with Crippen molar-refractivity contribution in [2.24, 2.45) is 0 Å². The number of anilines is 1. The average molecular weight is 458 g/mol. The van der Waals surface area contributed by atoms with Gasteiger partial charge in [0.2, 0.25) is 0 Å². The maximum atomic E-state index is 13.3. The van der Waals surface area contributed by atoms with Crippen molar-refractivity contribution in [2.75, 3.05) is 16.6 Å². The molecule has 0 bridgehead atoms. The Balaban J connectivity index is 1.42. The summed E-state index contributed by atoms with van der Waals surface area (Å²) in [5.74, 6) is -0.199. The molecular weight excluding hydrogens is 442 g/mol. The molecule has 0 N–H and O–H groups in total. The number of fused-ring (bicyclic) bond motifs is 2. The van der Waals surface area contributed by atoms with Gasteiger partial charge in [-0.3, -0.25) is 23.8 Å². The lowest BCUT2D eigenvalue weighted by molar-refractivity contribution is 0.0642. The van der Waals surface area contributed by atoms with E-state index in [2.05, 4.69) is 4.98 Å². The van der Waals surface area contributed by atoms with E-state index in [1.807, 2.05) is 18.2 Å². The second-order valence-electron chi connectivity index (χ2n) is 6.71. The number of rotatable bonds is 4. The predicted molar refractivity (Wildman–Crippen MR) is 114 cm³/mol. The van der Waals surface area contributed by atoms with E-state index in [0.717, 1.165) is 21.1 Å². The summed E-state index contributed by atoms with van der Waals surface area (Å²) >= 11 is 2.71. The SMILES string of the molecule is O=C1c2cccnc2C(=O)N1Cc1ccc(S(=O)(=O)N2CCSc3ccccc32)s1. The number of hydrogen-bond acceptors (Lipinski definition) is 7. The van der Waals surface area contributed by atoms with E-state index >= 15 is 0 Å². The first-order valence-electron chi connectivity index (χ1n) is 9.11. The predicted octanol–water partition coefficient (Wildman–Crippen LogP) is 3.24. The van der Waals surface area contributed by atoms with Crippen molar-refractivity contribution in [2.45, 2.75) is 15.6 Å². The number of aromatic nitrogens is 1. The molecule has 7 nitrogen and oxygen atoms in total. The number of pyridine rings is 1. The minimum absolute atomic E-state index is 0.0145. The number of benzene rings is 1. The first kappa shape index (κ1) is 19.3. The summed E-state index contributed by atoms with van der Waals surface area (Å²) in [7, 11) is -3.73. The molecule has 2 amide bonds. The van der Waals surface area contributed by atoms with E-state index in [1.165, 1.54) is 16.6 Å². The molecule has 5 rings (SSSR count). The minimum atomic E-state index is -3.73. The Labute approximate surface area is 181 Å². The van der Waals surface area contributed by atoms with Gasteiger partial charge in [-0.2, -0.15) is 0 Å². The summed E-state index contributed by atoms with van der Waals surface area (Å²) in [6, 6.07) is 13.8. The standard InChI is InChI=1S/C20H15N3O4S3/c24-19-14-4-3-9-21-18(14)20(25)22(19)12-13-7-8-17(29-13)30(26,27)23-10-11-28-16-6-2-1-5-15(16)23/h1-9H,10-12H2. The third kappa shape index (κ3) is 3.03. The summed E-state index contributed by atoms with van der Waals surface area (Å²) in [5, 5.41) is 0. The van der Waals surface area contributed by atoms with Gasteiger partial charge in [-0.1, -0.05) is 12.1 Å². The van der Waals surface area contributed by atoms with Gasteiger partial charge in [-0.05, 0) is 36.4 Å². The van der Waals surface area contributed by atoms with Crippen molar-refractivity contribution in [3.05, 3.63) is 70.9 Å². The van der Waals surface area contributed by atoms with Gasteiger partial charge < -0.3 is 0 Å². The molecule has 0 aliphatic carbocycles. The van der Waals surface area contributed by atoms with Crippen LogP contribution >= 0.6 is 23.1 Å². The largest absolute Gasteiger partial charge is 0.280 e. The normalized spacial score (nSPS) is 16.0. The third-order valence-corrected chi connectivity index (χ3v) is 9.31. The number of thioether (sulfide) groups is 1. The molecule has 0 unspecified atom stereocenters. The first-order chi connectivity index (χ1) is 14.5. The molecule has 0 saturated carbocycles. The fourth-order valence-electron chi connectivity index (χ4n) is 3.50. The van der Waals surface area contributed by atoms with Crippen molar-refractivity contribution >= 4 is 50.6 Å². The van der Waals surface area contributed by atoms with E-state index in [0.29, 0.717) is 22.9 Å². The van der Waals surface area contributed by atoms with Gasteiger partial charge in [0, 0.05) is 28.3 Å².